The summed E-state index contributed by atoms with van der Waals surface area (Å²) in [5.41, 5.74) is 3.14. The molecule has 0 aliphatic carbocycles. The van der Waals surface area contributed by atoms with Crippen molar-refractivity contribution in [2.75, 3.05) is 13.7 Å². The van der Waals surface area contributed by atoms with Gasteiger partial charge in [-0.3, -0.25) is 9.59 Å². The van der Waals surface area contributed by atoms with Crippen molar-refractivity contribution >= 4 is 11.8 Å². The standard InChI is InChI=1S/C28H32N2O3/c1-3-27(31)30(21-24-12-8-5-9-13-24)26(20-23-10-6-4-7-11-23)28(32)29-19-18-22-14-16-25(33-2)17-15-22/h4-17,26H,3,18-21H2,1-2H3,(H,29,32). The fourth-order valence-electron chi connectivity index (χ4n) is 3.78. The Morgan fingerprint density at radius 1 is 0.848 bits per heavy atom. The predicted molar refractivity (Wildman–Crippen MR) is 131 cm³/mol. The van der Waals surface area contributed by atoms with E-state index >= 15 is 0 Å². The second kappa shape index (κ2) is 12.4. The first kappa shape index (κ1) is 24.1. The highest BCUT2D eigenvalue weighted by molar-refractivity contribution is 5.88. The van der Waals surface area contributed by atoms with Crippen LogP contribution in [0.15, 0.2) is 84.9 Å². The summed E-state index contributed by atoms with van der Waals surface area (Å²) >= 11 is 0. The fourth-order valence-corrected chi connectivity index (χ4v) is 3.78. The topological polar surface area (TPSA) is 58.6 Å². The highest BCUT2D eigenvalue weighted by atomic mass is 16.5. The van der Waals surface area contributed by atoms with Gasteiger partial charge in [0.05, 0.1) is 7.11 Å². The van der Waals surface area contributed by atoms with E-state index in [1.165, 1.54) is 0 Å². The van der Waals surface area contributed by atoms with E-state index in [1.807, 2.05) is 91.9 Å². The Morgan fingerprint density at radius 3 is 2.03 bits per heavy atom. The molecule has 2 amide bonds. The maximum absolute atomic E-state index is 13.4. The number of hydrogen-bond donors (Lipinski definition) is 1. The lowest BCUT2D eigenvalue weighted by Gasteiger charge is -2.31. The number of rotatable bonds is 11. The Balaban J connectivity index is 1.75. The van der Waals surface area contributed by atoms with E-state index in [1.54, 1.807) is 12.0 Å². The van der Waals surface area contributed by atoms with Gasteiger partial charge in [0.15, 0.2) is 0 Å². The van der Waals surface area contributed by atoms with Crippen LogP contribution in [0.25, 0.3) is 0 Å². The molecular formula is C28H32N2O3. The first-order valence-corrected chi connectivity index (χ1v) is 11.4. The Hall–Kier alpha value is -3.60. The Labute approximate surface area is 196 Å². The first-order valence-electron chi connectivity index (χ1n) is 11.4. The third-order valence-corrected chi connectivity index (χ3v) is 5.64. The van der Waals surface area contributed by atoms with Gasteiger partial charge in [-0.15, -0.1) is 0 Å². The molecule has 0 radical (unpaired) electrons. The largest absolute Gasteiger partial charge is 0.497 e. The summed E-state index contributed by atoms with van der Waals surface area (Å²) in [5, 5.41) is 3.06. The van der Waals surface area contributed by atoms with E-state index < -0.39 is 6.04 Å². The van der Waals surface area contributed by atoms with E-state index in [9.17, 15) is 9.59 Å². The van der Waals surface area contributed by atoms with Crippen LogP contribution >= 0.6 is 0 Å². The number of carbonyl (C=O) groups excluding carboxylic acids is 2. The molecule has 0 bridgehead atoms. The van der Waals surface area contributed by atoms with E-state index in [0.717, 1.165) is 22.4 Å². The molecule has 3 aromatic rings. The van der Waals surface area contributed by atoms with E-state index in [4.69, 9.17) is 4.74 Å². The highest BCUT2D eigenvalue weighted by Gasteiger charge is 2.29. The number of nitrogens with zero attached hydrogens (tertiary/aromatic N) is 1. The molecule has 3 rings (SSSR count). The van der Waals surface area contributed by atoms with Crippen molar-refractivity contribution in [2.45, 2.75) is 38.8 Å². The molecule has 0 saturated heterocycles. The average Bonchev–Trinajstić information content (AvgIpc) is 2.87. The van der Waals surface area contributed by atoms with Gasteiger partial charge in [-0.2, -0.15) is 0 Å². The zero-order chi connectivity index (χ0) is 23.5. The summed E-state index contributed by atoms with van der Waals surface area (Å²) in [7, 11) is 1.64. The predicted octanol–water partition coefficient (Wildman–Crippen LogP) is 4.40. The third-order valence-electron chi connectivity index (χ3n) is 5.64. The molecule has 3 aromatic carbocycles. The van der Waals surface area contributed by atoms with Crippen LogP contribution in [0.1, 0.15) is 30.0 Å². The van der Waals surface area contributed by atoms with Gasteiger partial charge >= 0.3 is 0 Å². The molecule has 5 nitrogen and oxygen atoms in total. The zero-order valence-corrected chi connectivity index (χ0v) is 19.4. The lowest BCUT2D eigenvalue weighted by molar-refractivity contribution is -0.141. The second-order valence-electron chi connectivity index (χ2n) is 7.96. The molecule has 0 aliphatic heterocycles. The van der Waals surface area contributed by atoms with Crippen LogP contribution < -0.4 is 10.1 Å². The summed E-state index contributed by atoms with van der Waals surface area (Å²) in [4.78, 5) is 28.0. The Kier molecular flexibility index (Phi) is 9.07. The van der Waals surface area contributed by atoms with Crippen LogP contribution in [0.4, 0.5) is 0 Å². The second-order valence-corrected chi connectivity index (χ2v) is 7.96. The molecule has 1 unspecified atom stereocenters. The Morgan fingerprint density at radius 2 is 1.45 bits per heavy atom. The molecule has 0 heterocycles. The van der Waals surface area contributed by atoms with Crippen LogP contribution in [-0.4, -0.2) is 36.4 Å². The van der Waals surface area contributed by atoms with Gasteiger partial charge in [0, 0.05) is 25.9 Å². The van der Waals surface area contributed by atoms with E-state index in [2.05, 4.69) is 5.32 Å². The average molecular weight is 445 g/mol. The zero-order valence-electron chi connectivity index (χ0n) is 19.4. The van der Waals surface area contributed by atoms with Crippen LogP contribution in [-0.2, 0) is 29.0 Å². The van der Waals surface area contributed by atoms with Crippen molar-refractivity contribution in [3.63, 3.8) is 0 Å². The van der Waals surface area contributed by atoms with Crippen molar-refractivity contribution in [3.05, 3.63) is 102 Å². The number of ether oxygens (including phenoxy) is 1. The quantitative estimate of drug-likeness (QED) is 0.477. The number of hydrogen-bond acceptors (Lipinski definition) is 3. The molecule has 33 heavy (non-hydrogen) atoms. The first-order chi connectivity index (χ1) is 16.1. The minimum atomic E-state index is -0.587. The molecule has 1 atom stereocenters. The number of amides is 2. The molecular weight excluding hydrogens is 412 g/mol. The van der Waals surface area contributed by atoms with Crippen LogP contribution in [0.2, 0.25) is 0 Å². The number of carbonyl (C=O) groups is 2. The van der Waals surface area contributed by atoms with Gasteiger partial charge in [-0.1, -0.05) is 79.7 Å². The summed E-state index contributed by atoms with van der Waals surface area (Å²) < 4.78 is 5.20. The lowest BCUT2D eigenvalue weighted by Crippen LogP contribution is -2.50. The van der Waals surface area contributed by atoms with Crippen LogP contribution in [0.5, 0.6) is 5.75 Å². The van der Waals surface area contributed by atoms with Crippen molar-refractivity contribution in [2.24, 2.45) is 0 Å². The van der Waals surface area contributed by atoms with Gasteiger partial charge in [-0.25, -0.2) is 0 Å². The van der Waals surface area contributed by atoms with Gasteiger partial charge in [-0.05, 0) is 35.2 Å². The van der Waals surface area contributed by atoms with Gasteiger partial charge in [0.1, 0.15) is 11.8 Å². The van der Waals surface area contributed by atoms with Crippen LogP contribution in [0, 0.1) is 0 Å². The molecule has 1 N–H and O–H groups in total. The summed E-state index contributed by atoms with van der Waals surface area (Å²) in [6.07, 6.45) is 1.51. The van der Waals surface area contributed by atoms with Crippen LogP contribution in [0.3, 0.4) is 0 Å². The molecule has 172 valence electrons. The van der Waals surface area contributed by atoms with E-state index in [0.29, 0.717) is 32.4 Å². The van der Waals surface area contributed by atoms with E-state index in [-0.39, 0.29) is 11.8 Å². The van der Waals surface area contributed by atoms with Crippen molar-refractivity contribution in [1.29, 1.82) is 0 Å². The minimum Gasteiger partial charge on any atom is -0.497 e. The highest BCUT2D eigenvalue weighted by Crippen LogP contribution is 2.16. The van der Waals surface area contributed by atoms with Crippen molar-refractivity contribution in [3.8, 4) is 5.75 Å². The lowest BCUT2D eigenvalue weighted by atomic mass is 10.0. The van der Waals surface area contributed by atoms with Gasteiger partial charge in [0.2, 0.25) is 11.8 Å². The number of benzene rings is 3. The molecule has 0 aromatic heterocycles. The molecule has 0 spiro atoms. The third kappa shape index (κ3) is 7.21. The SMILES string of the molecule is CCC(=O)N(Cc1ccccc1)C(Cc1ccccc1)C(=O)NCCc1ccc(OC)cc1. The molecule has 5 heteroatoms. The summed E-state index contributed by atoms with van der Waals surface area (Å²) in [5.74, 6) is 0.635. The molecule has 0 saturated carbocycles. The maximum Gasteiger partial charge on any atom is 0.243 e. The van der Waals surface area contributed by atoms with Gasteiger partial charge in [0.25, 0.3) is 0 Å². The van der Waals surface area contributed by atoms with Crippen molar-refractivity contribution < 1.29 is 14.3 Å². The molecule has 0 fully saturated rings. The smallest absolute Gasteiger partial charge is 0.243 e. The van der Waals surface area contributed by atoms with Crippen molar-refractivity contribution in [1.82, 2.24) is 10.2 Å². The minimum absolute atomic E-state index is 0.0370. The summed E-state index contributed by atoms with van der Waals surface area (Å²) in [6, 6.07) is 26.9. The Bertz CT molecular complexity index is 1000. The summed E-state index contributed by atoms with van der Waals surface area (Å²) in [6.45, 7) is 2.73. The fraction of sp³-hybridized carbons (Fsp3) is 0.286. The normalized spacial score (nSPS) is 11.5. The molecule has 0 aliphatic rings. The number of methoxy groups -OCH3 is 1. The monoisotopic (exact) mass is 444 g/mol. The number of nitrogens with one attached hydrogen (secondary N) is 1. The maximum atomic E-state index is 13.4. The van der Waals surface area contributed by atoms with Gasteiger partial charge < -0.3 is 15.0 Å².